The average molecular weight is 443 g/mol. The molecule has 1 aliphatic rings. The summed E-state index contributed by atoms with van der Waals surface area (Å²) in [5.74, 6) is -0.0234. The molecule has 4 rings (SSSR count). The molecular weight excluding hydrogens is 428 g/mol. The van der Waals surface area contributed by atoms with E-state index in [1.165, 1.54) is 16.5 Å². The maximum Gasteiger partial charge on any atom is 0.417 e. The second kappa shape index (κ2) is 7.50. The second-order valence-electron chi connectivity index (χ2n) is 6.92. The van der Waals surface area contributed by atoms with Gasteiger partial charge >= 0.3 is 6.18 Å². The van der Waals surface area contributed by atoms with Gasteiger partial charge in [0.15, 0.2) is 5.65 Å². The van der Waals surface area contributed by atoms with E-state index >= 15 is 0 Å². The number of nitrogens with zero attached hydrogens (tertiary/aromatic N) is 4. The van der Waals surface area contributed by atoms with Crippen LogP contribution < -0.4 is 0 Å². The zero-order valence-electron chi connectivity index (χ0n) is 15.0. The second-order valence-corrected chi connectivity index (χ2v) is 7.74. The number of carbonyl (C=O) groups excluding carboxylic acids is 1. The summed E-state index contributed by atoms with van der Waals surface area (Å²) in [5.41, 5.74) is -0.0305. The fourth-order valence-corrected chi connectivity index (χ4v) is 3.84. The zero-order chi connectivity index (χ0) is 20.8. The molecule has 0 spiro atoms. The maximum absolute atomic E-state index is 13.1. The first-order valence-corrected chi connectivity index (χ1v) is 9.66. The van der Waals surface area contributed by atoms with Gasteiger partial charge in [-0.15, -0.1) is 10.2 Å². The summed E-state index contributed by atoms with van der Waals surface area (Å²) in [7, 11) is 0. The van der Waals surface area contributed by atoms with Crippen LogP contribution in [-0.2, 0) is 6.18 Å². The molecule has 0 aliphatic carbocycles. The van der Waals surface area contributed by atoms with E-state index in [0.717, 1.165) is 12.3 Å². The Bertz CT molecular complexity index is 1080. The highest BCUT2D eigenvalue weighted by Crippen LogP contribution is 2.32. The number of halogens is 5. The van der Waals surface area contributed by atoms with E-state index in [0.29, 0.717) is 48.0 Å². The van der Waals surface area contributed by atoms with E-state index in [-0.39, 0.29) is 16.8 Å². The minimum absolute atomic E-state index is 0.210. The molecule has 2 aromatic heterocycles. The van der Waals surface area contributed by atoms with E-state index in [1.54, 1.807) is 17.0 Å². The molecule has 0 N–H and O–H groups in total. The lowest BCUT2D eigenvalue weighted by Gasteiger charge is -2.32. The predicted molar refractivity (Wildman–Crippen MR) is 102 cm³/mol. The van der Waals surface area contributed by atoms with Crippen molar-refractivity contribution in [1.82, 2.24) is 19.5 Å². The van der Waals surface area contributed by atoms with Crippen LogP contribution in [0.3, 0.4) is 0 Å². The summed E-state index contributed by atoms with van der Waals surface area (Å²) < 4.78 is 40.6. The van der Waals surface area contributed by atoms with Crippen LogP contribution in [0.2, 0.25) is 10.0 Å². The molecule has 1 aromatic carbocycles. The molecule has 1 atom stereocenters. The molecule has 152 valence electrons. The van der Waals surface area contributed by atoms with Crippen molar-refractivity contribution in [3.05, 3.63) is 63.5 Å². The molecule has 0 saturated carbocycles. The number of piperidine rings is 1. The number of rotatable bonds is 2. The minimum Gasteiger partial charge on any atom is -0.338 e. The van der Waals surface area contributed by atoms with Crippen molar-refractivity contribution in [2.45, 2.75) is 24.9 Å². The van der Waals surface area contributed by atoms with Crippen molar-refractivity contribution >= 4 is 34.8 Å². The molecule has 10 heteroatoms. The molecule has 1 saturated heterocycles. The van der Waals surface area contributed by atoms with Crippen molar-refractivity contribution in [3.63, 3.8) is 0 Å². The van der Waals surface area contributed by atoms with E-state index in [2.05, 4.69) is 10.2 Å². The smallest absolute Gasteiger partial charge is 0.338 e. The van der Waals surface area contributed by atoms with E-state index in [4.69, 9.17) is 23.2 Å². The maximum atomic E-state index is 13.1. The minimum atomic E-state index is -4.46. The molecule has 29 heavy (non-hydrogen) atoms. The van der Waals surface area contributed by atoms with Gasteiger partial charge in [0.2, 0.25) is 0 Å². The van der Waals surface area contributed by atoms with Gasteiger partial charge in [-0.3, -0.25) is 9.20 Å². The van der Waals surface area contributed by atoms with Gasteiger partial charge in [0.1, 0.15) is 5.82 Å². The molecule has 3 heterocycles. The lowest BCUT2D eigenvalue weighted by Crippen LogP contribution is -2.39. The van der Waals surface area contributed by atoms with Crippen LogP contribution in [0.4, 0.5) is 13.2 Å². The standard InChI is InChI=1S/C19H15Cl2F3N4O/c20-14-5-3-11(8-15(14)21)18(29)27-7-1-2-12(9-27)17-26-25-16-6-4-13(10-28(16)17)19(22,23)24/h3-6,8,10,12H,1-2,7,9H2/t12-/m0/s1. The summed E-state index contributed by atoms with van der Waals surface area (Å²) in [4.78, 5) is 14.5. The third-order valence-corrected chi connectivity index (χ3v) is 5.74. The lowest BCUT2D eigenvalue weighted by atomic mass is 9.96. The monoisotopic (exact) mass is 442 g/mol. The predicted octanol–water partition coefficient (Wildman–Crippen LogP) is 5.07. The van der Waals surface area contributed by atoms with Gasteiger partial charge in [0.25, 0.3) is 5.91 Å². The Morgan fingerprint density at radius 1 is 1.10 bits per heavy atom. The number of amides is 1. The van der Waals surface area contributed by atoms with Crippen molar-refractivity contribution in [3.8, 4) is 0 Å². The highest BCUT2D eigenvalue weighted by atomic mass is 35.5. The van der Waals surface area contributed by atoms with Crippen molar-refractivity contribution < 1.29 is 18.0 Å². The van der Waals surface area contributed by atoms with Crippen LogP contribution in [0.5, 0.6) is 0 Å². The number of aromatic nitrogens is 3. The number of fused-ring (bicyclic) bond motifs is 1. The van der Waals surface area contributed by atoms with Crippen LogP contribution in [0.25, 0.3) is 5.65 Å². The molecule has 1 amide bonds. The van der Waals surface area contributed by atoms with Crippen molar-refractivity contribution in [1.29, 1.82) is 0 Å². The Hall–Kier alpha value is -2.32. The van der Waals surface area contributed by atoms with Crippen LogP contribution in [0.1, 0.15) is 40.5 Å². The Morgan fingerprint density at radius 3 is 2.62 bits per heavy atom. The first kappa shape index (κ1) is 20.0. The molecule has 0 radical (unpaired) electrons. The topological polar surface area (TPSA) is 50.5 Å². The number of hydrogen-bond acceptors (Lipinski definition) is 3. The zero-order valence-corrected chi connectivity index (χ0v) is 16.5. The van der Waals surface area contributed by atoms with E-state index in [9.17, 15) is 18.0 Å². The van der Waals surface area contributed by atoms with Crippen LogP contribution in [-0.4, -0.2) is 38.5 Å². The van der Waals surface area contributed by atoms with Gasteiger partial charge < -0.3 is 4.90 Å². The molecule has 5 nitrogen and oxygen atoms in total. The van der Waals surface area contributed by atoms with Gasteiger partial charge in [0.05, 0.1) is 15.6 Å². The highest BCUT2D eigenvalue weighted by molar-refractivity contribution is 6.42. The summed E-state index contributed by atoms with van der Waals surface area (Å²) in [6.45, 7) is 0.871. The number of hydrogen-bond donors (Lipinski definition) is 0. The number of likely N-dealkylation sites (tertiary alicyclic amines) is 1. The number of carbonyl (C=O) groups is 1. The van der Waals surface area contributed by atoms with Gasteiger partial charge in [-0.2, -0.15) is 13.2 Å². The van der Waals surface area contributed by atoms with Crippen LogP contribution in [0.15, 0.2) is 36.5 Å². The van der Waals surface area contributed by atoms with Gasteiger partial charge in [-0.25, -0.2) is 0 Å². The fraction of sp³-hybridized carbons (Fsp3) is 0.316. The van der Waals surface area contributed by atoms with Gasteiger partial charge in [-0.05, 0) is 43.2 Å². The Balaban J connectivity index is 1.61. The van der Waals surface area contributed by atoms with Crippen molar-refractivity contribution in [2.75, 3.05) is 13.1 Å². The summed E-state index contributed by atoms with van der Waals surface area (Å²) in [6, 6.07) is 6.94. The average Bonchev–Trinajstić information content (AvgIpc) is 3.12. The fourth-order valence-electron chi connectivity index (χ4n) is 3.54. The van der Waals surface area contributed by atoms with E-state index < -0.39 is 11.7 Å². The molecule has 0 bridgehead atoms. The van der Waals surface area contributed by atoms with E-state index in [1.807, 2.05) is 0 Å². The first-order valence-electron chi connectivity index (χ1n) is 8.90. The number of benzene rings is 1. The third-order valence-electron chi connectivity index (χ3n) is 5.00. The largest absolute Gasteiger partial charge is 0.417 e. The number of pyridine rings is 1. The molecule has 0 unspecified atom stereocenters. The number of alkyl halides is 3. The SMILES string of the molecule is O=C(c1ccc(Cl)c(Cl)c1)N1CCC[C@H](c2nnc3ccc(C(F)(F)F)cn23)C1. The summed E-state index contributed by atoms with van der Waals surface area (Å²) >= 11 is 11.9. The Kier molecular flexibility index (Phi) is 5.16. The summed E-state index contributed by atoms with van der Waals surface area (Å²) in [6.07, 6.45) is -2.06. The lowest BCUT2D eigenvalue weighted by molar-refractivity contribution is -0.137. The van der Waals surface area contributed by atoms with Crippen LogP contribution >= 0.6 is 23.2 Å². The Labute approximate surface area is 174 Å². The van der Waals surface area contributed by atoms with Gasteiger partial charge in [-0.1, -0.05) is 23.2 Å². The molecule has 1 aliphatic heterocycles. The Morgan fingerprint density at radius 2 is 1.90 bits per heavy atom. The van der Waals surface area contributed by atoms with Gasteiger partial charge in [0, 0.05) is 30.8 Å². The van der Waals surface area contributed by atoms with Crippen molar-refractivity contribution in [2.24, 2.45) is 0 Å². The molecule has 3 aromatic rings. The quantitative estimate of drug-likeness (QED) is 0.556. The third kappa shape index (κ3) is 3.91. The first-order chi connectivity index (χ1) is 13.7. The molecule has 1 fully saturated rings. The van der Waals surface area contributed by atoms with Crippen LogP contribution in [0, 0.1) is 0 Å². The summed E-state index contributed by atoms with van der Waals surface area (Å²) in [5, 5.41) is 8.72. The molecular formula is C19H15Cl2F3N4O. The normalized spacial score (nSPS) is 17.7. The highest BCUT2D eigenvalue weighted by Gasteiger charge is 2.33.